The van der Waals surface area contributed by atoms with Gasteiger partial charge in [-0.2, -0.15) is 0 Å². The molecule has 1 aromatic carbocycles. The van der Waals surface area contributed by atoms with Gasteiger partial charge in [0.25, 0.3) is 11.5 Å². The molecule has 3 rings (SSSR count). The predicted molar refractivity (Wildman–Crippen MR) is 91.6 cm³/mol. The predicted octanol–water partition coefficient (Wildman–Crippen LogP) is 1.48. The van der Waals surface area contributed by atoms with Crippen LogP contribution >= 0.6 is 0 Å². The summed E-state index contributed by atoms with van der Waals surface area (Å²) in [6.07, 6.45) is 0. The first-order chi connectivity index (χ1) is 11.5. The van der Waals surface area contributed by atoms with E-state index in [0.717, 1.165) is 5.69 Å². The van der Waals surface area contributed by atoms with E-state index in [4.69, 9.17) is 0 Å². The van der Waals surface area contributed by atoms with Crippen LogP contribution in [-0.2, 0) is 6.54 Å². The minimum Gasteiger partial charge on any atom is -0.350 e. The molecule has 0 radical (unpaired) electrons. The van der Waals surface area contributed by atoms with Crippen molar-refractivity contribution in [3.05, 3.63) is 45.9 Å². The molecule has 126 valence electrons. The first-order valence-electron chi connectivity index (χ1n) is 8.07. The average Bonchev–Trinajstić information content (AvgIpc) is 2.98. The summed E-state index contributed by atoms with van der Waals surface area (Å²) in [5.41, 5.74) is 1.58. The second kappa shape index (κ2) is 6.43. The number of hydrogen-bond acceptors (Lipinski definition) is 5. The lowest BCUT2D eigenvalue weighted by atomic mass is 10.2. The number of carbonyl (C=O) groups excluding carboxylic acids is 1. The maximum atomic E-state index is 12.6. The van der Waals surface area contributed by atoms with Crippen LogP contribution in [0.4, 0.5) is 11.6 Å². The summed E-state index contributed by atoms with van der Waals surface area (Å²) in [6.45, 7) is 7.61. The third-order valence-electron chi connectivity index (χ3n) is 3.95. The van der Waals surface area contributed by atoms with E-state index >= 15 is 0 Å². The highest BCUT2D eigenvalue weighted by molar-refractivity contribution is 5.91. The summed E-state index contributed by atoms with van der Waals surface area (Å²) in [6, 6.07) is 8.00. The number of anilines is 2. The molecule has 7 nitrogen and oxygen atoms in total. The Bertz CT molecular complexity index is 811. The maximum Gasteiger partial charge on any atom is 0.286 e. The van der Waals surface area contributed by atoms with Crippen molar-refractivity contribution in [1.82, 2.24) is 20.1 Å². The lowest BCUT2D eigenvalue weighted by Crippen LogP contribution is -2.36. The van der Waals surface area contributed by atoms with Gasteiger partial charge in [-0.3, -0.25) is 14.2 Å². The van der Waals surface area contributed by atoms with Gasteiger partial charge in [-0.15, -0.1) is 10.2 Å². The molecule has 0 aliphatic carbocycles. The number of nitrogens with one attached hydrogen (secondary N) is 1. The van der Waals surface area contributed by atoms with Crippen LogP contribution in [0.3, 0.4) is 0 Å². The molecule has 0 spiro atoms. The van der Waals surface area contributed by atoms with Crippen LogP contribution in [0.5, 0.6) is 0 Å². The lowest BCUT2D eigenvalue weighted by Gasteiger charge is -2.16. The standard InChI is InChI=1S/C17H21N5O2/c1-11(2)10-18-15(23)14-16(24)22-9-8-21(17(22)20-19-14)13-6-4-12(3)5-7-13/h4-7,11H,8-10H2,1-3H3,(H,18,23). The highest BCUT2D eigenvalue weighted by atomic mass is 16.2. The second-order valence-corrected chi connectivity index (χ2v) is 6.40. The normalized spacial score (nSPS) is 13.2. The van der Waals surface area contributed by atoms with Crippen molar-refractivity contribution in [2.24, 2.45) is 5.92 Å². The van der Waals surface area contributed by atoms with Crippen LogP contribution in [0, 0.1) is 12.8 Å². The largest absolute Gasteiger partial charge is 0.350 e. The molecule has 0 fully saturated rings. The van der Waals surface area contributed by atoms with Gasteiger partial charge in [0.2, 0.25) is 11.6 Å². The zero-order chi connectivity index (χ0) is 17.3. The Morgan fingerprint density at radius 1 is 1.21 bits per heavy atom. The molecule has 2 aromatic rings. The monoisotopic (exact) mass is 327 g/mol. The van der Waals surface area contributed by atoms with E-state index in [1.54, 1.807) is 0 Å². The quantitative estimate of drug-likeness (QED) is 0.920. The molecule has 0 saturated heterocycles. The van der Waals surface area contributed by atoms with Crippen molar-refractivity contribution in [2.45, 2.75) is 27.3 Å². The van der Waals surface area contributed by atoms with Gasteiger partial charge < -0.3 is 10.2 Å². The summed E-state index contributed by atoms with van der Waals surface area (Å²) < 4.78 is 1.51. The second-order valence-electron chi connectivity index (χ2n) is 6.40. The SMILES string of the molecule is Cc1ccc(N2CCn3c2nnc(C(=O)NCC(C)C)c3=O)cc1. The smallest absolute Gasteiger partial charge is 0.286 e. The van der Waals surface area contributed by atoms with Gasteiger partial charge in [0.1, 0.15) is 0 Å². The van der Waals surface area contributed by atoms with Gasteiger partial charge in [-0.25, -0.2) is 0 Å². The van der Waals surface area contributed by atoms with E-state index < -0.39 is 11.5 Å². The molecule has 1 aliphatic rings. The van der Waals surface area contributed by atoms with E-state index in [2.05, 4.69) is 15.5 Å². The number of fused-ring (bicyclic) bond motifs is 1. The number of nitrogens with zero attached hydrogens (tertiary/aromatic N) is 4. The third-order valence-corrected chi connectivity index (χ3v) is 3.95. The number of rotatable bonds is 4. The van der Waals surface area contributed by atoms with Crippen LogP contribution in [-0.4, -0.2) is 33.8 Å². The first-order valence-corrected chi connectivity index (χ1v) is 8.07. The van der Waals surface area contributed by atoms with Gasteiger partial charge in [0.15, 0.2) is 0 Å². The first kappa shape index (κ1) is 16.2. The Morgan fingerprint density at radius 2 is 1.92 bits per heavy atom. The van der Waals surface area contributed by atoms with E-state index in [-0.39, 0.29) is 5.69 Å². The van der Waals surface area contributed by atoms with Crippen molar-refractivity contribution in [1.29, 1.82) is 0 Å². The van der Waals surface area contributed by atoms with Crippen molar-refractivity contribution in [2.75, 3.05) is 18.0 Å². The molecule has 1 aliphatic heterocycles. The molecule has 7 heteroatoms. The fraction of sp³-hybridized carbons (Fsp3) is 0.412. The van der Waals surface area contributed by atoms with Crippen molar-refractivity contribution in [3.8, 4) is 0 Å². The highest BCUT2D eigenvalue weighted by Gasteiger charge is 2.27. The summed E-state index contributed by atoms with van der Waals surface area (Å²) in [7, 11) is 0. The fourth-order valence-electron chi connectivity index (χ4n) is 2.60. The van der Waals surface area contributed by atoms with Crippen LogP contribution in [0.2, 0.25) is 0 Å². The van der Waals surface area contributed by atoms with E-state index in [9.17, 15) is 9.59 Å². The molecule has 0 bridgehead atoms. The van der Waals surface area contributed by atoms with Gasteiger partial charge in [-0.05, 0) is 25.0 Å². The number of aromatic nitrogens is 3. The van der Waals surface area contributed by atoms with Crippen LogP contribution in [0.25, 0.3) is 0 Å². The van der Waals surface area contributed by atoms with E-state index in [1.807, 2.05) is 49.9 Å². The number of hydrogen-bond donors (Lipinski definition) is 1. The molecule has 0 atom stereocenters. The number of aryl methyl sites for hydroxylation is 1. The molecular formula is C17H21N5O2. The van der Waals surface area contributed by atoms with Crippen LogP contribution in [0.15, 0.2) is 29.1 Å². The van der Waals surface area contributed by atoms with Crippen molar-refractivity contribution in [3.63, 3.8) is 0 Å². The third kappa shape index (κ3) is 3.02. The highest BCUT2D eigenvalue weighted by Crippen LogP contribution is 2.26. The molecule has 1 aromatic heterocycles. The van der Waals surface area contributed by atoms with Gasteiger partial charge in [0, 0.05) is 25.3 Å². The van der Waals surface area contributed by atoms with E-state index in [1.165, 1.54) is 10.1 Å². The maximum absolute atomic E-state index is 12.6. The van der Waals surface area contributed by atoms with Crippen LogP contribution in [0.1, 0.15) is 29.9 Å². The lowest BCUT2D eigenvalue weighted by molar-refractivity contribution is 0.0940. The Balaban J connectivity index is 1.89. The Hall–Kier alpha value is -2.70. The summed E-state index contributed by atoms with van der Waals surface area (Å²) >= 11 is 0. The minimum atomic E-state index is -0.467. The Morgan fingerprint density at radius 3 is 2.58 bits per heavy atom. The topological polar surface area (TPSA) is 80.1 Å². The molecule has 0 saturated carbocycles. The fourth-order valence-corrected chi connectivity index (χ4v) is 2.60. The number of carbonyl (C=O) groups is 1. The summed E-state index contributed by atoms with van der Waals surface area (Å²) in [4.78, 5) is 26.6. The van der Waals surface area contributed by atoms with Gasteiger partial charge in [-0.1, -0.05) is 31.5 Å². The minimum absolute atomic E-state index is 0.148. The molecular weight excluding hydrogens is 306 g/mol. The van der Waals surface area contributed by atoms with Gasteiger partial charge >= 0.3 is 0 Å². The van der Waals surface area contributed by atoms with Gasteiger partial charge in [0.05, 0.1) is 0 Å². The number of amides is 1. The van der Waals surface area contributed by atoms with Crippen molar-refractivity contribution < 1.29 is 4.79 Å². The molecule has 2 heterocycles. The molecule has 0 unspecified atom stereocenters. The van der Waals surface area contributed by atoms with Crippen LogP contribution < -0.4 is 15.8 Å². The Kier molecular flexibility index (Phi) is 4.33. The number of benzene rings is 1. The molecule has 24 heavy (non-hydrogen) atoms. The zero-order valence-corrected chi connectivity index (χ0v) is 14.1. The van der Waals surface area contributed by atoms with Crippen molar-refractivity contribution >= 4 is 17.5 Å². The van der Waals surface area contributed by atoms with E-state index in [0.29, 0.717) is 31.5 Å². The zero-order valence-electron chi connectivity index (χ0n) is 14.1. The molecule has 1 amide bonds. The Labute approximate surface area is 140 Å². The summed E-state index contributed by atoms with van der Waals surface area (Å²) in [5.74, 6) is 0.311. The average molecular weight is 327 g/mol. The molecule has 1 N–H and O–H groups in total. The summed E-state index contributed by atoms with van der Waals surface area (Å²) in [5, 5.41) is 10.7.